The number of hydrogen-bond acceptors (Lipinski definition) is 5. The fraction of sp³-hybridized carbons (Fsp3) is 0.0870. The lowest BCUT2D eigenvalue weighted by molar-refractivity contribution is 0.414. The lowest BCUT2D eigenvalue weighted by Gasteiger charge is -2.04. The van der Waals surface area contributed by atoms with E-state index in [0.717, 1.165) is 16.3 Å². The number of aliphatic imine (C=N–C) groups is 1. The maximum Gasteiger partial charge on any atom is 0.231 e. The van der Waals surface area contributed by atoms with Crippen LogP contribution in [0.15, 0.2) is 77.8 Å². The molecule has 5 nitrogen and oxygen atoms in total. The van der Waals surface area contributed by atoms with Gasteiger partial charge in [0.25, 0.3) is 0 Å². The molecule has 0 unspecified atom stereocenters. The second-order valence-electron chi connectivity index (χ2n) is 6.60. The minimum atomic E-state index is 0.631. The molecule has 0 spiro atoms. The van der Waals surface area contributed by atoms with Gasteiger partial charge >= 0.3 is 0 Å². The largest absolute Gasteiger partial charge is 0.496 e. The summed E-state index contributed by atoms with van der Waals surface area (Å²) in [5, 5.41) is 12.7. The van der Waals surface area contributed by atoms with Gasteiger partial charge in [-0.15, -0.1) is 10.2 Å². The molecule has 5 aromatic rings. The highest BCUT2D eigenvalue weighted by molar-refractivity contribution is 7.14. The first kappa shape index (κ1) is 17.6. The van der Waals surface area contributed by atoms with E-state index in [0.29, 0.717) is 11.7 Å². The van der Waals surface area contributed by atoms with E-state index < -0.39 is 0 Å². The number of methoxy groups -OCH3 is 1. The van der Waals surface area contributed by atoms with Crippen molar-refractivity contribution in [3.63, 3.8) is 0 Å². The highest BCUT2D eigenvalue weighted by Crippen LogP contribution is 2.30. The fourth-order valence-corrected chi connectivity index (χ4v) is 4.24. The highest BCUT2D eigenvalue weighted by Gasteiger charge is 2.12. The minimum absolute atomic E-state index is 0.631. The molecule has 142 valence electrons. The van der Waals surface area contributed by atoms with Crippen LogP contribution in [0, 0.1) is 0 Å². The summed E-state index contributed by atoms with van der Waals surface area (Å²) < 4.78 is 7.65. The van der Waals surface area contributed by atoms with Gasteiger partial charge in [0, 0.05) is 33.6 Å². The first-order valence-corrected chi connectivity index (χ1v) is 10.1. The van der Waals surface area contributed by atoms with E-state index in [4.69, 9.17) is 4.74 Å². The van der Waals surface area contributed by atoms with Gasteiger partial charge in [0.05, 0.1) is 13.7 Å². The third-order valence-electron chi connectivity index (χ3n) is 4.88. The molecule has 0 aliphatic carbocycles. The number of nitrogens with zero attached hydrogens (tertiary/aromatic N) is 4. The Hall–Kier alpha value is -3.51. The molecule has 0 saturated heterocycles. The lowest BCUT2D eigenvalue weighted by atomic mass is 10.2. The minimum Gasteiger partial charge on any atom is -0.496 e. The molecule has 0 N–H and O–H groups in total. The zero-order valence-electron chi connectivity index (χ0n) is 15.8. The second kappa shape index (κ2) is 7.48. The first-order chi connectivity index (χ1) is 14.3. The van der Waals surface area contributed by atoms with Crippen molar-refractivity contribution in [1.82, 2.24) is 14.8 Å². The summed E-state index contributed by atoms with van der Waals surface area (Å²) in [6.07, 6.45) is 1.77. The average Bonchev–Trinajstić information content (AvgIpc) is 3.36. The van der Waals surface area contributed by atoms with E-state index in [1.165, 1.54) is 33.1 Å². The van der Waals surface area contributed by atoms with E-state index in [9.17, 15) is 0 Å². The maximum atomic E-state index is 5.36. The summed E-state index contributed by atoms with van der Waals surface area (Å²) >= 11 is 1.50. The molecular weight excluding hydrogens is 380 g/mol. The van der Waals surface area contributed by atoms with Gasteiger partial charge < -0.3 is 9.30 Å². The monoisotopic (exact) mass is 398 g/mol. The zero-order chi connectivity index (χ0) is 19.6. The third-order valence-corrected chi connectivity index (χ3v) is 5.70. The molecule has 29 heavy (non-hydrogen) atoms. The van der Waals surface area contributed by atoms with Crippen LogP contribution in [0.1, 0.15) is 10.6 Å². The number of benzene rings is 3. The molecule has 0 aliphatic heterocycles. The van der Waals surface area contributed by atoms with Crippen molar-refractivity contribution >= 4 is 44.5 Å². The molecule has 0 bridgehead atoms. The van der Waals surface area contributed by atoms with E-state index in [2.05, 4.69) is 68.3 Å². The van der Waals surface area contributed by atoms with Gasteiger partial charge in [0.15, 0.2) is 0 Å². The van der Waals surface area contributed by atoms with Gasteiger partial charge in [-0.25, -0.2) is 4.99 Å². The van der Waals surface area contributed by atoms with Gasteiger partial charge in [-0.05, 0) is 24.3 Å². The summed E-state index contributed by atoms with van der Waals surface area (Å²) in [4.78, 5) is 4.49. The summed E-state index contributed by atoms with van der Waals surface area (Å²) in [6, 6.07) is 24.7. The van der Waals surface area contributed by atoms with Crippen molar-refractivity contribution in [3.05, 3.63) is 83.4 Å². The van der Waals surface area contributed by atoms with Gasteiger partial charge in [-0.2, -0.15) is 0 Å². The fourth-order valence-electron chi connectivity index (χ4n) is 3.57. The Morgan fingerprint density at radius 1 is 0.897 bits per heavy atom. The topological polar surface area (TPSA) is 52.3 Å². The average molecular weight is 398 g/mol. The van der Waals surface area contributed by atoms with E-state index in [-0.39, 0.29) is 0 Å². The van der Waals surface area contributed by atoms with Crippen LogP contribution in [0.3, 0.4) is 0 Å². The van der Waals surface area contributed by atoms with Crippen LogP contribution >= 0.6 is 11.3 Å². The Labute approximate surface area is 171 Å². The van der Waals surface area contributed by atoms with Crippen molar-refractivity contribution < 1.29 is 4.74 Å². The molecule has 0 saturated carbocycles. The Bertz CT molecular complexity index is 1280. The van der Waals surface area contributed by atoms with Crippen molar-refractivity contribution in [1.29, 1.82) is 0 Å². The van der Waals surface area contributed by atoms with E-state index >= 15 is 0 Å². The lowest BCUT2D eigenvalue weighted by Crippen LogP contribution is -1.98. The van der Waals surface area contributed by atoms with Crippen molar-refractivity contribution in [2.75, 3.05) is 7.11 Å². The molecule has 0 atom stereocenters. The van der Waals surface area contributed by atoms with Gasteiger partial charge in [-0.1, -0.05) is 59.9 Å². The Morgan fingerprint density at radius 3 is 2.28 bits per heavy atom. The summed E-state index contributed by atoms with van der Waals surface area (Å²) in [6.45, 7) is 0.663. The Morgan fingerprint density at radius 2 is 1.55 bits per heavy atom. The number of rotatable bonds is 5. The summed E-state index contributed by atoms with van der Waals surface area (Å²) in [5.41, 5.74) is 3.31. The van der Waals surface area contributed by atoms with Crippen LogP contribution < -0.4 is 4.74 Å². The molecule has 0 aliphatic rings. The molecule has 2 heterocycles. The summed E-state index contributed by atoms with van der Waals surface area (Å²) in [7, 11) is 1.65. The summed E-state index contributed by atoms with van der Waals surface area (Å²) in [5.74, 6) is 0.784. The van der Waals surface area contributed by atoms with Crippen LogP contribution in [-0.4, -0.2) is 28.1 Å². The Balaban J connectivity index is 1.47. The number of aromatic nitrogens is 3. The van der Waals surface area contributed by atoms with Gasteiger partial charge in [-0.3, -0.25) is 0 Å². The predicted octanol–water partition coefficient (Wildman–Crippen LogP) is 5.45. The first-order valence-electron chi connectivity index (χ1n) is 9.29. The van der Waals surface area contributed by atoms with Gasteiger partial charge in [0.1, 0.15) is 10.8 Å². The highest BCUT2D eigenvalue weighted by atomic mass is 32.1. The zero-order valence-corrected chi connectivity index (χ0v) is 16.6. The number of hydrogen-bond donors (Lipinski definition) is 0. The van der Waals surface area contributed by atoms with Crippen LogP contribution in [0.4, 0.5) is 5.13 Å². The Kier molecular flexibility index (Phi) is 4.54. The normalized spacial score (nSPS) is 11.6. The molecular formula is C23H18N4OS. The third kappa shape index (κ3) is 3.28. The molecule has 5 rings (SSSR count). The molecule has 0 fully saturated rings. The standard InChI is InChI=1S/C23H18N4OS/c1-28-21-13-7-2-8-16(21)14-24-23-26-25-22(29-23)15-27-19-11-5-3-9-17(19)18-10-4-6-12-20(18)27/h2-14H,15H2,1H3/b24-14+. The van der Waals surface area contributed by atoms with Crippen molar-refractivity contribution in [2.45, 2.75) is 6.54 Å². The maximum absolute atomic E-state index is 5.36. The number of fused-ring (bicyclic) bond motifs is 3. The van der Waals surface area contributed by atoms with Gasteiger partial charge in [0.2, 0.25) is 5.13 Å². The predicted molar refractivity (Wildman–Crippen MR) is 119 cm³/mol. The van der Waals surface area contributed by atoms with Crippen molar-refractivity contribution in [2.24, 2.45) is 4.99 Å². The quantitative estimate of drug-likeness (QED) is 0.370. The molecule has 3 aromatic carbocycles. The SMILES string of the molecule is COc1ccccc1/C=N/c1nnc(Cn2c3ccccc3c3ccccc32)s1. The van der Waals surface area contributed by atoms with Crippen LogP contribution in [0.25, 0.3) is 21.8 Å². The van der Waals surface area contributed by atoms with Crippen LogP contribution in [-0.2, 0) is 6.54 Å². The van der Waals surface area contributed by atoms with E-state index in [1.807, 2.05) is 24.3 Å². The molecule has 2 aromatic heterocycles. The molecule has 6 heteroatoms. The van der Waals surface area contributed by atoms with Crippen LogP contribution in [0.5, 0.6) is 5.75 Å². The van der Waals surface area contributed by atoms with E-state index in [1.54, 1.807) is 13.3 Å². The number of para-hydroxylation sites is 3. The second-order valence-corrected chi connectivity index (χ2v) is 7.64. The van der Waals surface area contributed by atoms with Crippen molar-refractivity contribution in [3.8, 4) is 5.75 Å². The number of ether oxygens (including phenoxy) is 1. The molecule has 0 radical (unpaired) electrons. The molecule has 0 amide bonds. The van der Waals surface area contributed by atoms with Crippen LogP contribution in [0.2, 0.25) is 0 Å². The smallest absolute Gasteiger partial charge is 0.231 e.